The molecule has 1 aliphatic heterocycles. The Hall–Kier alpha value is -3.99. The first-order chi connectivity index (χ1) is 20.2. The zero-order valence-electron chi connectivity index (χ0n) is 25.5. The minimum atomic E-state index is -0.387. The van der Waals surface area contributed by atoms with Gasteiger partial charge in [0.05, 0.1) is 31.4 Å². The Labute approximate surface area is 247 Å². The van der Waals surface area contributed by atoms with Crippen LogP contribution in [-0.4, -0.2) is 77.6 Å². The lowest BCUT2D eigenvalue weighted by molar-refractivity contribution is -0.117. The van der Waals surface area contributed by atoms with E-state index in [0.717, 1.165) is 24.8 Å². The molecule has 1 saturated heterocycles. The number of aromatic nitrogens is 3. The van der Waals surface area contributed by atoms with Crippen LogP contribution in [0.25, 0.3) is 11.0 Å². The van der Waals surface area contributed by atoms with Crippen LogP contribution in [0.2, 0.25) is 0 Å². The molecule has 4 rings (SSSR count). The number of benzene rings is 1. The first-order valence-corrected chi connectivity index (χ1v) is 14.4. The van der Waals surface area contributed by atoms with Gasteiger partial charge in [-0.3, -0.25) is 4.79 Å². The molecule has 42 heavy (non-hydrogen) atoms. The molecule has 0 bridgehead atoms. The number of amides is 1. The van der Waals surface area contributed by atoms with E-state index in [1.165, 1.54) is 0 Å². The van der Waals surface area contributed by atoms with Crippen LogP contribution in [0.3, 0.4) is 0 Å². The Morgan fingerprint density at radius 3 is 2.55 bits per heavy atom. The quantitative estimate of drug-likeness (QED) is 0.258. The molecule has 1 atom stereocenters. The molecule has 11 heteroatoms. The maximum absolute atomic E-state index is 13.1. The number of hydrogen-bond donors (Lipinski definition) is 2. The molecular formula is C31H42N6O5. The van der Waals surface area contributed by atoms with Gasteiger partial charge in [0.15, 0.2) is 5.82 Å². The molecule has 0 unspecified atom stereocenters. The van der Waals surface area contributed by atoms with Crippen molar-refractivity contribution in [2.75, 3.05) is 45.1 Å². The van der Waals surface area contributed by atoms with Crippen molar-refractivity contribution >= 4 is 34.5 Å². The van der Waals surface area contributed by atoms with E-state index in [0.29, 0.717) is 72.3 Å². The Bertz CT molecular complexity index is 1410. The standard InChI is InChI=1S/C31H42N6O5/c1-7-8-12-31(3,13-11-20(2)38)36-28-27-25(14-22(17-32-27)29(39)37-18-24(19-37)41-5)34-30(35-28)33-16-21-9-10-23(40-4)15-26(21)42-6/h9-10,14-15,17,24H,7-8,11-13,16,18-19H2,1-6H3,(H2,33,34,35,36)/t31-/m1/s1. The van der Waals surface area contributed by atoms with Crippen LogP contribution in [0.1, 0.15) is 68.8 Å². The zero-order valence-corrected chi connectivity index (χ0v) is 25.5. The second-order valence-corrected chi connectivity index (χ2v) is 11.1. The number of ether oxygens (including phenoxy) is 3. The lowest BCUT2D eigenvalue weighted by Gasteiger charge is -2.38. The van der Waals surface area contributed by atoms with Crippen LogP contribution in [-0.2, 0) is 16.1 Å². The van der Waals surface area contributed by atoms with Crippen LogP contribution in [0.15, 0.2) is 30.5 Å². The van der Waals surface area contributed by atoms with Crippen molar-refractivity contribution in [3.8, 4) is 11.5 Å². The highest BCUT2D eigenvalue weighted by Crippen LogP contribution is 2.31. The fourth-order valence-electron chi connectivity index (χ4n) is 4.96. The number of carbonyl (C=O) groups excluding carboxylic acids is 2. The van der Waals surface area contributed by atoms with Crippen LogP contribution < -0.4 is 20.1 Å². The van der Waals surface area contributed by atoms with Crippen LogP contribution in [0.4, 0.5) is 11.8 Å². The summed E-state index contributed by atoms with van der Waals surface area (Å²) in [5.41, 5.74) is 2.06. The number of Topliss-reactive ketones (excluding diaryl/α,β-unsaturated/α-hetero) is 1. The molecule has 0 saturated carbocycles. The number of pyridine rings is 1. The molecule has 0 aliphatic carbocycles. The molecule has 226 valence electrons. The number of rotatable bonds is 15. The molecule has 2 N–H and O–H groups in total. The number of methoxy groups -OCH3 is 3. The van der Waals surface area contributed by atoms with Gasteiger partial charge < -0.3 is 34.5 Å². The number of nitrogens with one attached hydrogen (secondary N) is 2. The number of nitrogens with zero attached hydrogens (tertiary/aromatic N) is 4. The van der Waals surface area contributed by atoms with Gasteiger partial charge in [0, 0.05) is 56.5 Å². The monoisotopic (exact) mass is 578 g/mol. The number of unbranched alkanes of at least 4 members (excludes halogenated alkanes) is 1. The number of anilines is 2. The zero-order chi connectivity index (χ0) is 30.3. The summed E-state index contributed by atoms with van der Waals surface area (Å²) < 4.78 is 16.2. The molecule has 11 nitrogen and oxygen atoms in total. The average Bonchev–Trinajstić information content (AvgIpc) is 2.97. The van der Waals surface area contributed by atoms with Gasteiger partial charge in [0.25, 0.3) is 5.91 Å². The normalized spacial score (nSPS) is 14.7. The third kappa shape index (κ3) is 7.44. The lowest BCUT2D eigenvalue weighted by atomic mass is 9.89. The first kappa shape index (κ1) is 31.0. The summed E-state index contributed by atoms with van der Waals surface area (Å²) in [6.07, 6.45) is 5.64. The Morgan fingerprint density at radius 1 is 1.10 bits per heavy atom. The minimum absolute atomic E-state index is 0.0574. The van der Waals surface area contributed by atoms with Gasteiger partial charge in [-0.15, -0.1) is 0 Å². The van der Waals surface area contributed by atoms with Crippen molar-refractivity contribution in [2.45, 2.75) is 71.1 Å². The number of carbonyl (C=O) groups is 2. The molecule has 1 amide bonds. The van der Waals surface area contributed by atoms with Crippen LogP contribution >= 0.6 is 0 Å². The smallest absolute Gasteiger partial charge is 0.255 e. The molecule has 1 fully saturated rings. The first-order valence-electron chi connectivity index (χ1n) is 14.4. The molecular weight excluding hydrogens is 536 g/mol. The summed E-state index contributed by atoms with van der Waals surface area (Å²) in [5.74, 6) is 2.33. The summed E-state index contributed by atoms with van der Waals surface area (Å²) >= 11 is 0. The number of fused-ring (bicyclic) bond motifs is 1. The Kier molecular flexibility index (Phi) is 10.2. The highest BCUT2D eigenvalue weighted by atomic mass is 16.5. The summed E-state index contributed by atoms with van der Waals surface area (Å²) in [7, 11) is 4.87. The molecule has 3 heterocycles. The van der Waals surface area contributed by atoms with Crippen LogP contribution in [0.5, 0.6) is 11.5 Å². The van der Waals surface area contributed by atoms with Crippen molar-refractivity contribution < 1.29 is 23.8 Å². The van der Waals surface area contributed by atoms with Crippen molar-refractivity contribution in [2.24, 2.45) is 0 Å². The van der Waals surface area contributed by atoms with Crippen molar-refractivity contribution in [1.29, 1.82) is 0 Å². The fraction of sp³-hybridized carbons (Fsp3) is 0.516. The molecule has 0 spiro atoms. The third-order valence-electron chi connectivity index (χ3n) is 7.71. The molecule has 2 aromatic heterocycles. The van der Waals surface area contributed by atoms with E-state index < -0.39 is 0 Å². The van der Waals surface area contributed by atoms with Gasteiger partial charge in [0.2, 0.25) is 5.95 Å². The second kappa shape index (κ2) is 13.8. The Balaban J connectivity index is 1.69. The lowest BCUT2D eigenvalue weighted by Crippen LogP contribution is -2.54. The van der Waals surface area contributed by atoms with Crippen molar-refractivity contribution in [1.82, 2.24) is 19.9 Å². The van der Waals surface area contributed by atoms with Crippen molar-refractivity contribution in [3.63, 3.8) is 0 Å². The van der Waals surface area contributed by atoms with Crippen molar-refractivity contribution in [3.05, 3.63) is 41.6 Å². The molecule has 1 aromatic carbocycles. The maximum Gasteiger partial charge on any atom is 0.255 e. The van der Waals surface area contributed by atoms with E-state index >= 15 is 0 Å². The molecule has 1 aliphatic rings. The molecule has 3 aromatic rings. The Morgan fingerprint density at radius 2 is 1.88 bits per heavy atom. The largest absolute Gasteiger partial charge is 0.497 e. The molecule has 0 radical (unpaired) electrons. The number of hydrogen-bond acceptors (Lipinski definition) is 10. The predicted octanol–water partition coefficient (Wildman–Crippen LogP) is 4.85. The van der Waals surface area contributed by atoms with E-state index in [2.05, 4.69) is 29.5 Å². The van der Waals surface area contributed by atoms with Gasteiger partial charge in [-0.1, -0.05) is 19.8 Å². The average molecular weight is 579 g/mol. The second-order valence-electron chi connectivity index (χ2n) is 11.1. The van der Waals surface area contributed by atoms with E-state index in [1.54, 1.807) is 45.4 Å². The van der Waals surface area contributed by atoms with E-state index in [4.69, 9.17) is 24.2 Å². The predicted molar refractivity (Wildman–Crippen MR) is 162 cm³/mol. The van der Waals surface area contributed by atoms with Gasteiger partial charge in [0.1, 0.15) is 22.8 Å². The van der Waals surface area contributed by atoms with E-state index in [1.807, 2.05) is 18.2 Å². The fourth-order valence-corrected chi connectivity index (χ4v) is 4.96. The highest BCUT2D eigenvalue weighted by molar-refractivity contribution is 5.98. The van der Waals surface area contributed by atoms with Gasteiger partial charge in [-0.05, 0) is 44.9 Å². The summed E-state index contributed by atoms with van der Waals surface area (Å²) in [5, 5.41) is 6.93. The van der Waals surface area contributed by atoms with E-state index in [-0.39, 0.29) is 23.3 Å². The third-order valence-corrected chi connectivity index (χ3v) is 7.71. The van der Waals surface area contributed by atoms with Gasteiger partial charge in [-0.25, -0.2) is 9.97 Å². The SMILES string of the molecule is CCCC[C@](C)(CCC(C)=O)Nc1nc(NCc2ccc(OC)cc2OC)nc2cc(C(=O)N3CC(OC)C3)cnc12. The number of ketones is 1. The van der Waals surface area contributed by atoms with E-state index in [9.17, 15) is 9.59 Å². The van der Waals surface area contributed by atoms with Gasteiger partial charge >= 0.3 is 0 Å². The summed E-state index contributed by atoms with van der Waals surface area (Å²) in [4.78, 5) is 41.0. The minimum Gasteiger partial charge on any atom is -0.497 e. The summed E-state index contributed by atoms with van der Waals surface area (Å²) in [6, 6.07) is 7.38. The summed E-state index contributed by atoms with van der Waals surface area (Å²) in [6.45, 7) is 7.37. The topological polar surface area (TPSA) is 128 Å². The maximum atomic E-state index is 13.1. The van der Waals surface area contributed by atoms with Crippen LogP contribution in [0, 0.1) is 0 Å². The highest BCUT2D eigenvalue weighted by Gasteiger charge is 2.32. The van der Waals surface area contributed by atoms with Gasteiger partial charge in [-0.2, -0.15) is 4.98 Å². The number of likely N-dealkylation sites (tertiary alicyclic amines) is 1.